The van der Waals surface area contributed by atoms with E-state index in [0.29, 0.717) is 38.3 Å². The molecular formula is C26H30F3NO4S. The average molecular weight is 510 g/mol. The van der Waals surface area contributed by atoms with Crippen LogP contribution in [0.1, 0.15) is 59.5 Å². The van der Waals surface area contributed by atoms with Gasteiger partial charge in [0.2, 0.25) is 0 Å². The largest absolute Gasteiger partial charge is 0.416 e. The first-order valence-corrected chi connectivity index (χ1v) is 13.8. The number of alkyl halides is 3. The molecular weight excluding hydrogens is 479 g/mol. The Bertz CT molecular complexity index is 1150. The third-order valence-corrected chi connectivity index (χ3v) is 8.17. The maximum atomic E-state index is 13.4. The minimum Gasteiger partial charge on any atom is -0.381 e. The number of carbonyl (C=O) groups excluding carboxylic acids is 1. The van der Waals surface area contributed by atoms with E-state index in [1.807, 2.05) is 4.90 Å². The maximum absolute atomic E-state index is 13.4. The maximum Gasteiger partial charge on any atom is 0.416 e. The number of ether oxygens (including phenoxy) is 1. The van der Waals surface area contributed by atoms with Crippen molar-refractivity contribution in [3.05, 3.63) is 59.2 Å². The highest BCUT2D eigenvalue weighted by atomic mass is 32.2. The molecule has 0 unspecified atom stereocenters. The molecule has 0 radical (unpaired) electrons. The van der Waals surface area contributed by atoms with Crippen LogP contribution < -0.4 is 4.90 Å². The van der Waals surface area contributed by atoms with Gasteiger partial charge in [0.15, 0.2) is 15.6 Å². The summed E-state index contributed by atoms with van der Waals surface area (Å²) in [5, 5.41) is 0. The second-order valence-electron chi connectivity index (χ2n) is 9.51. The standard InChI is InChI=1S/C26H30F3NO4S/c1-35(32,33)22-6-7-23(19-10-14-34-15-11-19)24(17-22)25(31)16-18-8-12-30(13-9-18)21-4-2-20(3-5-21)26(27,28)29/h2-7,17-19H,8-16H2,1H3. The topological polar surface area (TPSA) is 63.7 Å². The van der Waals surface area contributed by atoms with Gasteiger partial charge in [-0.2, -0.15) is 13.2 Å². The van der Waals surface area contributed by atoms with Crippen molar-refractivity contribution in [3.8, 4) is 0 Å². The van der Waals surface area contributed by atoms with Gasteiger partial charge in [-0.1, -0.05) is 6.07 Å². The first kappa shape index (κ1) is 25.7. The van der Waals surface area contributed by atoms with Crippen LogP contribution in [0.15, 0.2) is 47.4 Å². The van der Waals surface area contributed by atoms with Crippen LogP contribution in [0.2, 0.25) is 0 Å². The number of piperidine rings is 1. The number of halogens is 3. The minimum atomic E-state index is -4.36. The summed E-state index contributed by atoms with van der Waals surface area (Å²) in [6, 6.07) is 10.1. The van der Waals surface area contributed by atoms with Crippen LogP contribution in [-0.4, -0.2) is 46.8 Å². The first-order chi connectivity index (χ1) is 16.5. The van der Waals surface area contributed by atoms with Crippen LogP contribution in [0, 0.1) is 5.92 Å². The summed E-state index contributed by atoms with van der Waals surface area (Å²) in [6.07, 6.45) is 0.181. The number of Topliss-reactive ketones (excluding diaryl/α,β-unsaturated/α-hetero) is 1. The van der Waals surface area contributed by atoms with Crippen molar-refractivity contribution in [1.29, 1.82) is 0 Å². The molecule has 4 rings (SSSR count). The molecule has 2 aromatic carbocycles. The Balaban J connectivity index is 1.44. The number of ketones is 1. The van der Waals surface area contributed by atoms with E-state index in [-0.39, 0.29) is 22.5 Å². The van der Waals surface area contributed by atoms with E-state index in [1.165, 1.54) is 18.2 Å². The molecule has 2 fully saturated rings. The second-order valence-corrected chi connectivity index (χ2v) is 11.5. The van der Waals surface area contributed by atoms with E-state index in [9.17, 15) is 26.4 Å². The lowest BCUT2D eigenvalue weighted by Gasteiger charge is -2.33. The SMILES string of the molecule is CS(=O)(=O)c1ccc(C2CCOCC2)c(C(=O)CC2CCN(c3ccc(C(F)(F)F)cc3)CC2)c1. The smallest absolute Gasteiger partial charge is 0.381 e. The van der Waals surface area contributed by atoms with Crippen LogP contribution >= 0.6 is 0 Å². The zero-order valence-corrected chi connectivity index (χ0v) is 20.5. The zero-order valence-electron chi connectivity index (χ0n) is 19.7. The van der Waals surface area contributed by atoms with E-state index in [2.05, 4.69) is 0 Å². The highest BCUT2D eigenvalue weighted by Gasteiger charge is 2.31. The van der Waals surface area contributed by atoms with Crippen molar-refractivity contribution in [1.82, 2.24) is 0 Å². The molecule has 0 amide bonds. The Hall–Kier alpha value is -2.39. The summed E-state index contributed by atoms with van der Waals surface area (Å²) < 4.78 is 68.2. The molecule has 2 aliphatic heterocycles. The molecule has 2 saturated heterocycles. The van der Waals surface area contributed by atoms with E-state index < -0.39 is 21.6 Å². The van der Waals surface area contributed by atoms with Gasteiger partial charge in [-0.15, -0.1) is 0 Å². The van der Waals surface area contributed by atoms with Crippen molar-refractivity contribution in [2.24, 2.45) is 5.92 Å². The van der Waals surface area contributed by atoms with E-state index in [0.717, 1.165) is 55.3 Å². The lowest BCUT2D eigenvalue weighted by atomic mass is 9.83. The monoisotopic (exact) mass is 509 g/mol. The van der Waals surface area contributed by atoms with Gasteiger partial charge in [-0.05, 0) is 79.5 Å². The Morgan fingerprint density at radius 3 is 2.20 bits per heavy atom. The van der Waals surface area contributed by atoms with Crippen molar-refractivity contribution in [2.45, 2.75) is 49.1 Å². The highest BCUT2D eigenvalue weighted by Crippen LogP contribution is 2.34. The number of anilines is 1. The van der Waals surface area contributed by atoms with Gasteiger partial charge in [0.05, 0.1) is 10.5 Å². The van der Waals surface area contributed by atoms with Gasteiger partial charge < -0.3 is 9.64 Å². The van der Waals surface area contributed by atoms with Crippen LogP contribution in [0.5, 0.6) is 0 Å². The summed E-state index contributed by atoms with van der Waals surface area (Å²) in [4.78, 5) is 15.6. The average Bonchev–Trinajstić information content (AvgIpc) is 2.83. The molecule has 35 heavy (non-hydrogen) atoms. The van der Waals surface area contributed by atoms with Gasteiger partial charge in [0, 0.05) is 50.2 Å². The molecule has 9 heteroatoms. The van der Waals surface area contributed by atoms with Crippen LogP contribution in [0.3, 0.4) is 0 Å². The Morgan fingerprint density at radius 1 is 1.00 bits per heavy atom. The fourth-order valence-electron chi connectivity index (χ4n) is 5.00. The number of hydrogen-bond donors (Lipinski definition) is 0. The summed E-state index contributed by atoms with van der Waals surface area (Å²) in [7, 11) is -3.44. The van der Waals surface area contributed by atoms with Crippen LogP contribution in [0.25, 0.3) is 0 Å². The van der Waals surface area contributed by atoms with E-state index in [1.54, 1.807) is 12.1 Å². The molecule has 0 aliphatic carbocycles. The molecule has 0 spiro atoms. The number of rotatable bonds is 6. The molecule has 190 valence electrons. The first-order valence-electron chi connectivity index (χ1n) is 11.9. The molecule has 0 atom stereocenters. The summed E-state index contributed by atoms with van der Waals surface area (Å²) in [5.74, 6) is 0.250. The van der Waals surface area contributed by atoms with Gasteiger partial charge in [0.25, 0.3) is 0 Å². The fraction of sp³-hybridized carbons (Fsp3) is 0.500. The molecule has 0 bridgehead atoms. The van der Waals surface area contributed by atoms with Gasteiger partial charge in [0.1, 0.15) is 0 Å². The summed E-state index contributed by atoms with van der Waals surface area (Å²) in [6.45, 7) is 2.54. The van der Waals surface area contributed by atoms with Crippen molar-refractivity contribution in [3.63, 3.8) is 0 Å². The van der Waals surface area contributed by atoms with Gasteiger partial charge >= 0.3 is 6.18 Å². The third-order valence-electron chi connectivity index (χ3n) is 7.06. The minimum absolute atomic E-state index is 0.0510. The number of nitrogens with zero attached hydrogens (tertiary/aromatic N) is 1. The lowest BCUT2D eigenvalue weighted by Crippen LogP contribution is -2.34. The van der Waals surface area contributed by atoms with Crippen LogP contribution in [0.4, 0.5) is 18.9 Å². The Morgan fingerprint density at radius 2 is 1.63 bits per heavy atom. The van der Waals surface area contributed by atoms with Crippen LogP contribution in [-0.2, 0) is 20.8 Å². The zero-order chi connectivity index (χ0) is 25.2. The van der Waals surface area contributed by atoms with E-state index in [4.69, 9.17) is 4.74 Å². The molecule has 2 aliphatic rings. The Kier molecular flexibility index (Phi) is 7.57. The summed E-state index contributed by atoms with van der Waals surface area (Å²) in [5.41, 5.74) is 1.46. The number of benzene rings is 2. The normalized spacial score (nSPS) is 18.6. The predicted octanol–water partition coefficient (Wildman–Crippen LogP) is 5.49. The number of carbonyl (C=O) groups is 1. The van der Waals surface area contributed by atoms with Crippen molar-refractivity contribution < 1.29 is 31.1 Å². The fourth-order valence-corrected chi connectivity index (χ4v) is 5.65. The van der Waals surface area contributed by atoms with Crippen molar-refractivity contribution >= 4 is 21.3 Å². The predicted molar refractivity (Wildman–Crippen MR) is 128 cm³/mol. The Labute approximate surface area is 204 Å². The molecule has 0 saturated carbocycles. The number of sulfone groups is 1. The van der Waals surface area contributed by atoms with Gasteiger partial charge in [-0.25, -0.2) is 8.42 Å². The molecule has 5 nitrogen and oxygen atoms in total. The molecule has 0 aromatic heterocycles. The summed E-state index contributed by atoms with van der Waals surface area (Å²) >= 11 is 0. The quantitative estimate of drug-likeness (QED) is 0.482. The molecule has 0 N–H and O–H groups in total. The molecule has 2 aromatic rings. The third kappa shape index (κ3) is 6.25. The van der Waals surface area contributed by atoms with Crippen molar-refractivity contribution in [2.75, 3.05) is 37.5 Å². The van der Waals surface area contributed by atoms with E-state index >= 15 is 0 Å². The van der Waals surface area contributed by atoms with Gasteiger partial charge in [-0.3, -0.25) is 4.79 Å². The lowest BCUT2D eigenvalue weighted by molar-refractivity contribution is -0.137. The number of hydrogen-bond acceptors (Lipinski definition) is 5. The highest BCUT2D eigenvalue weighted by molar-refractivity contribution is 7.90. The molecule has 2 heterocycles. The second kappa shape index (κ2) is 10.3.